The third-order valence-corrected chi connectivity index (χ3v) is 3.44. The molecule has 1 amide bonds. The second-order valence-corrected chi connectivity index (χ2v) is 4.86. The molecule has 17 heavy (non-hydrogen) atoms. The number of amides is 1. The van der Waals surface area contributed by atoms with Crippen LogP contribution in [-0.2, 0) is 9.59 Å². The molecule has 0 heterocycles. The minimum atomic E-state index is -0.774. The van der Waals surface area contributed by atoms with Crippen LogP contribution in [0, 0.1) is 5.92 Å². The van der Waals surface area contributed by atoms with Gasteiger partial charge in [0.05, 0.1) is 5.92 Å². The Morgan fingerprint density at radius 1 is 1.24 bits per heavy atom. The molecule has 0 aromatic heterocycles. The van der Waals surface area contributed by atoms with Gasteiger partial charge in [-0.3, -0.25) is 9.59 Å². The van der Waals surface area contributed by atoms with Crippen LogP contribution in [0.15, 0.2) is 0 Å². The van der Waals surface area contributed by atoms with Crippen LogP contribution in [0.25, 0.3) is 0 Å². The Hall–Kier alpha value is -1.06. The van der Waals surface area contributed by atoms with Crippen molar-refractivity contribution in [2.45, 2.75) is 64.3 Å². The van der Waals surface area contributed by atoms with Gasteiger partial charge in [0.15, 0.2) is 0 Å². The molecule has 4 nitrogen and oxygen atoms in total. The number of rotatable bonds is 6. The highest BCUT2D eigenvalue weighted by Gasteiger charge is 2.31. The van der Waals surface area contributed by atoms with Crippen molar-refractivity contribution in [3.05, 3.63) is 0 Å². The van der Waals surface area contributed by atoms with Gasteiger partial charge in [-0.1, -0.05) is 32.6 Å². The number of unbranched alkanes of at least 4 members (excludes halogenated alkanes) is 2. The fourth-order valence-electron chi connectivity index (χ4n) is 2.41. The Labute approximate surface area is 103 Å². The Bertz CT molecular complexity index is 265. The summed E-state index contributed by atoms with van der Waals surface area (Å²) in [5.74, 6) is -1.15. The van der Waals surface area contributed by atoms with Crippen molar-refractivity contribution in [3.63, 3.8) is 0 Å². The first-order valence-corrected chi connectivity index (χ1v) is 6.67. The zero-order valence-corrected chi connectivity index (χ0v) is 10.6. The smallest absolute Gasteiger partial charge is 0.308 e. The standard InChI is InChI=1S/C13H23NO3/c1-2-3-4-9-12(15)14-11-8-6-5-7-10(11)13(16)17/h10-11H,2-9H2,1H3,(H,14,15)(H,16,17). The van der Waals surface area contributed by atoms with E-state index < -0.39 is 5.97 Å². The predicted molar refractivity (Wildman–Crippen MR) is 65.7 cm³/mol. The molecule has 1 aliphatic carbocycles. The summed E-state index contributed by atoms with van der Waals surface area (Å²) >= 11 is 0. The van der Waals surface area contributed by atoms with E-state index in [0.29, 0.717) is 12.8 Å². The molecule has 1 aliphatic rings. The summed E-state index contributed by atoms with van der Waals surface area (Å²) in [6.45, 7) is 2.10. The van der Waals surface area contributed by atoms with Crippen LogP contribution < -0.4 is 5.32 Å². The summed E-state index contributed by atoms with van der Waals surface area (Å²) in [6.07, 6.45) is 7.03. The highest BCUT2D eigenvalue weighted by molar-refractivity contribution is 5.78. The third-order valence-electron chi connectivity index (χ3n) is 3.44. The van der Waals surface area contributed by atoms with Gasteiger partial charge in [-0.05, 0) is 19.3 Å². The van der Waals surface area contributed by atoms with Crippen LogP contribution in [-0.4, -0.2) is 23.0 Å². The molecule has 0 spiro atoms. The molecule has 0 aliphatic heterocycles. The monoisotopic (exact) mass is 241 g/mol. The Kier molecular flexibility index (Phi) is 6.01. The van der Waals surface area contributed by atoms with E-state index in [-0.39, 0.29) is 17.9 Å². The number of hydrogen-bond acceptors (Lipinski definition) is 2. The summed E-state index contributed by atoms with van der Waals surface area (Å²) in [6, 6.07) is -0.157. The lowest BCUT2D eigenvalue weighted by Crippen LogP contribution is -2.45. The molecule has 4 heteroatoms. The van der Waals surface area contributed by atoms with Crippen molar-refractivity contribution in [2.75, 3.05) is 0 Å². The van der Waals surface area contributed by atoms with Crippen molar-refractivity contribution in [1.29, 1.82) is 0 Å². The number of hydrogen-bond donors (Lipinski definition) is 2. The van der Waals surface area contributed by atoms with E-state index in [4.69, 9.17) is 5.11 Å². The highest BCUT2D eigenvalue weighted by atomic mass is 16.4. The number of carboxylic acids is 1. The van der Waals surface area contributed by atoms with Crippen LogP contribution in [0.1, 0.15) is 58.3 Å². The molecular formula is C13H23NO3. The molecule has 98 valence electrons. The SMILES string of the molecule is CCCCCC(=O)NC1CCCCC1C(=O)O. The molecule has 1 rings (SSSR count). The van der Waals surface area contributed by atoms with E-state index in [9.17, 15) is 9.59 Å². The van der Waals surface area contributed by atoms with E-state index in [2.05, 4.69) is 12.2 Å². The summed E-state index contributed by atoms with van der Waals surface area (Å²) in [5.41, 5.74) is 0. The number of carboxylic acid groups (broad SMARTS) is 1. The number of aliphatic carboxylic acids is 1. The van der Waals surface area contributed by atoms with E-state index in [1.165, 1.54) is 0 Å². The lowest BCUT2D eigenvalue weighted by molar-refractivity contribution is -0.144. The van der Waals surface area contributed by atoms with E-state index in [1.807, 2.05) is 0 Å². The van der Waals surface area contributed by atoms with Crippen molar-refractivity contribution < 1.29 is 14.7 Å². The molecule has 0 bridgehead atoms. The highest BCUT2D eigenvalue weighted by Crippen LogP contribution is 2.24. The van der Waals surface area contributed by atoms with Crippen LogP contribution >= 0.6 is 0 Å². The third kappa shape index (κ3) is 4.75. The fourth-order valence-corrected chi connectivity index (χ4v) is 2.41. The molecule has 0 aromatic carbocycles. The summed E-state index contributed by atoms with van der Waals surface area (Å²) in [5, 5.41) is 12.0. The molecule has 0 saturated heterocycles. The number of carbonyl (C=O) groups excluding carboxylic acids is 1. The summed E-state index contributed by atoms with van der Waals surface area (Å²) in [7, 11) is 0. The molecule has 0 radical (unpaired) electrons. The maximum absolute atomic E-state index is 11.7. The largest absolute Gasteiger partial charge is 0.481 e. The maximum Gasteiger partial charge on any atom is 0.308 e. The zero-order chi connectivity index (χ0) is 12.7. The maximum atomic E-state index is 11.7. The minimum absolute atomic E-state index is 0.0107. The van der Waals surface area contributed by atoms with Gasteiger partial charge >= 0.3 is 5.97 Å². The number of nitrogens with one attached hydrogen (secondary N) is 1. The van der Waals surface area contributed by atoms with Crippen molar-refractivity contribution in [3.8, 4) is 0 Å². The van der Waals surface area contributed by atoms with Gasteiger partial charge in [0.2, 0.25) is 5.91 Å². The molecule has 1 saturated carbocycles. The molecule has 2 unspecified atom stereocenters. The van der Waals surface area contributed by atoms with Gasteiger partial charge in [0.25, 0.3) is 0 Å². The van der Waals surface area contributed by atoms with Gasteiger partial charge in [-0.15, -0.1) is 0 Å². The van der Waals surface area contributed by atoms with E-state index in [1.54, 1.807) is 0 Å². The minimum Gasteiger partial charge on any atom is -0.481 e. The van der Waals surface area contributed by atoms with E-state index >= 15 is 0 Å². The summed E-state index contributed by atoms with van der Waals surface area (Å²) in [4.78, 5) is 22.7. The van der Waals surface area contributed by atoms with Crippen LogP contribution in [0.2, 0.25) is 0 Å². The zero-order valence-electron chi connectivity index (χ0n) is 10.6. The normalized spacial score (nSPS) is 24.3. The predicted octanol–water partition coefficient (Wildman–Crippen LogP) is 2.33. The molecule has 1 fully saturated rings. The van der Waals surface area contributed by atoms with Crippen LogP contribution in [0.5, 0.6) is 0 Å². The van der Waals surface area contributed by atoms with Gasteiger partial charge in [-0.25, -0.2) is 0 Å². The lowest BCUT2D eigenvalue weighted by Gasteiger charge is -2.29. The fraction of sp³-hybridized carbons (Fsp3) is 0.846. The number of carbonyl (C=O) groups is 2. The molecule has 0 aromatic rings. The van der Waals surface area contributed by atoms with Crippen molar-refractivity contribution in [2.24, 2.45) is 5.92 Å². The van der Waals surface area contributed by atoms with Gasteiger partial charge in [0.1, 0.15) is 0 Å². The van der Waals surface area contributed by atoms with Crippen molar-refractivity contribution in [1.82, 2.24) is 5.32 Å². The second-order valence-electron chi connectivity index (χ2n) is 4.86. The summed E-state index contributed by atoms with van der Waals surface area (Å²) < 4.78 is 0. The topological polar surface area (TPSA) is 66.4 Å². The Morgan fingerprint density at radius 3 is 2.59 bits per heavy atom. The Balaban J connectivity index is 2.36. The van der Waals surface area contributed by atoms with Crippen molar-refractivity contribution >= 4 is 11.9 Å². The molecule has 2 N–H and O–H groups in total. The lowest BCUT2D eigenvalue weighted by atomic mass is 9.84. The van der Waals surface area contributed by atoms with Crippen LogP contribution in [0.4, 0.5) is 0 Å². The van der Waals surface area contributed by atoms with Gasteiger partial charge in [0, 0.05) is 12.5 Å². The van der Waals surface area contributed by atoms with Gasteiger partial charge < -0.3 is 10.4 Å². The first-order valence-electron chi connectivity index (χ1n) is 6.67. The van der Waals surface area contributed by atoms with Gasteiger partial charge in [-0.2, -0.15) is 0 Å². The molecular weight excluding hydrogens is 218 g/mol. The average molecular weight is 241 g/mol. The average Bonchev–Trinajstić information content (AvgIpc) is 2.29. The first-order chi connectivity index (χ1) is 8.15. The van der Waals surface area contributed by atoms with Crippen LogP contribution in [0.3, 0.4) is 0 Å². The van der Waals surface area contributed by atoms with E-state index in [0.717, 1.165) is 38.5 Å². The quantitative estimate of drug-likeness (QED) is 0.701. The second kappa shape index (κ2) is 7.30. The first kappa shape index (κ1) is 14.0. The molecule has 2 atom stereocenters. The Morgan fingerprint density at radius 2 is 1.94 bits per heavy atom.